The summed E-state index contributed by atoms with van der Waals surface area (Å²) in [5.74, 6) is -2.99. The van der Waals surface area contributed by atoms with Gasteiger partial charge in [0.05, 0.1) is 6.42 Å². The van der Waals surface area contributed by atoms with Crippen LogP contribution in [0.4, 0.5) is 10.1 Å². The molecule has 27 heavy (non-hydrogen) atoms. The molecule has 0 aromatic heterocycles. The average molecular weight is 370 g/mol. The summed E-state index contributed by atoms with van der Waals surface area (Å²) in [6.45, 7) is 0.524. The third-order valence-corrected chi connectivity index (χ3v) is 4.58. The lowest BCUT2D eigenvalue weighted by molar-refractivity contribution is -0.137. The Hall–Kier alpha value is -3.22. The number of carbonyl (C=O) groups is 3. The monoisotopic (exact) mass is 370 g/mol. The molecular weight excluding hydrogens is 351 g/mol. The topological polar surface area (TPSA) is 86.7 Å². The first kappa shape index (κ1) is 18.6. The van der Waals surface area contributed by atoms with Gasteiger partial charge in [-0.15, -0.1) is 0 Å². The highest BCUT2D eigenvalue weighted by molar-refractivity contribution is 6.00. The molecule has 0 bridgehead atoms. The Labute approximate surface area is 155 Å². The van der Waals surface area contributed by atoms with Gasteiger partial charge >= 0.3 is 5.97 Å². The predicted molar refractivity (Wildman–Crippen MR) is 96.9 cm³/mol. The molecule has 1 aliphatic heterocycles. The summed E-state index contributed by atoms with van der Waals surface area (Å²) in [4.78, 5) is 37.2. The minimum Gasteiger partial charge on any atom is -0.481 e. The van der Waals surface area contributed by atoms with Crippen molar-refractivity contribution in [1.82, 2.24) is 4.90 Å². The zero-order valence-corrected chi connectivity index (χ0v) is 14.7. The summed E-state index contributed by atoms with van der Waals surface area (Å²) in [5.41, 5.74) is 2.06. The molecule has 0 unspecified atom stereocenters. The molecule has 2 N–H and O–H groups in total. The standard InChI is InChI=1S/C20H19FN2O4/c1-23-11-12-6-7-14(10-16(12)20(23)27)22-18(24)8-13(9-19(25)26)15-4-2-3-5-17(15)21/h2-7,10,13H,8-9,11H2,1H3,(H,22,24)(H,25,26)/t13-/m1/s1. The van der Waals surface area contributed by atoms with Gasteiger partial charge in [0.2, 0.25) is 5.91 Å². The Bertz CT molecular complexity index is 913. The zero-order chi connectivity index (χ0) is 19.6. The van der Waals surface area contributed by atoms with E-state index in [2.05, 4.69) is 5.32 Å². The highest BCUT2D eigenvalue weighted by Gasteiger charge is 2.25. The molecule has 3 rings (SSSR count). The Kier molecular flexibility index (Phi) is 5.21. The molecule has 0 radical (unpaired) electrons. The summed E-state index contributed by atoms with van der Waals surface area (Å²) in [5, 5.41) is 11.8. The van der Waals surface area contributed by atoms with Crippen LogP contribution < -0.4 is 5.32 Å². The maximum Gasteiger partial charge on any atom is 0.303 e. The van der Waals surface area contributed by atoms with E-state index in [1.807, 2.05) is 0 Å². The van der Waals surface area contributed by atoms with Crippen molar-refractivity contribution in [3.8, 4) is 0 Å². The number of hydrogen-bond donors (Lipinski definition) is 2. The van der Waals surface area contributed by atoms with E-state index in [4.69, 9.17) is 5.11 Å². The number of nitrogens with one attached hydrogen (secondary N) is 1. The molecule has 140 valence electrons. The van der Waals surface area contributed by atoms with Gasteiger partial charge in [0.15, 0.2) is 0 Å². The fourth-order valence-electron chi connectivity index (χ4n) is 3.27. The van der Waals surface area contributed by atoms with Crippen LogP contribution in [0.25, 0.3) is 0 Å². The lowest BCUT2D eigenvalue weighted by Crippen LogP contribution is -2.19. The number of hydrogen-bond acceptors (Lipinski definition) is 3. The minimum absolute atomic E-state index is 0.115. The Morgan fingerprint density at radius 3 is 2.67 bits per heavy atom. The Balaban J connectivity index is 1.74. The zero-order valence-electron chi connectivity index (χ0n) is 14.7. The third-order valence-electron chi connectivity index (χ3n) is 4.58. The smallest absolute Gasteiger partial charge is 0.303 e. The molecule has 0 saturated heterocycles. The molecule has 7 heteroatoms. The molecule has 0 aliphatic carbocycles. The van der Waals surface area contributed by atoms with Gasteiger partial charge in [-0.25, -0.2) is 4.39 Å². The summed E-state index contributed by atoms with van der Waals surface area (Å²) in [6, 6.07) is 10.9. The summed E-state index contributed by atoms with van der Waals surface area (Å²) in [6.07, 6.45) is -0.542. The number of halogens is 1. The van der Waals surface area contributed by atoms with Crippen LogP contribution in [-0.4, -0.2) is 34.8 Å². The van der Waals surface area contributed by atoms with Crippen LogP contribution >= 0.6 is 0 Å². The van der Waals surface area contributed by atoms with Crippen molar-refractivity contribution in [2.75, 3.05) is 12.4 Å². The summed E-state index contributed by atoms with van der Waals surface area (Å²) in [7, 11) is 1.70. The SMILES string of the molecule is CN1Cc2ccc(NC(=O)C[C@H](CC(=O)O)c3ccccc3F)cc2C1=O. The first-order chi connectivity index (χ1) is 12.8. The molecule has 2 aromatic rings. The number of carboxylic acid groups (broad SMARTS) is 1. The van der Waals surface area contributed by atoms with Crippen LogP contribution in [0.5, 0.6) is 0 Å². The van der Waals surface area contributed by atoms with Crippen molar-refractivity contribution in [2.24, 2.45) is 0 Å². The van der Waals surface area contributed by atoms with Gasteiger partial charge < -0.3 is 15.3 Å². The van der Waals surface area contributed by atoms with Crippen LogP contribution in [0.2, 0.25) is 0 Å². The van der Waals surface area contributed by atoms with Crippen LogP contribution in [0.3, 0.4) is 0 Å². The van der Waals surface area contributed by atoms with E-state index in [-0.39, 0.29) is 24.3 Å². The van der Waals surface area contributed by atoms with Crippen molar-refractivity contribution in [3.05, 3.63) is 65.0 Å². The van der Waals surface area contributed by atoms with Crippen molar-refractivity contribution in [3.63, 3.8) is 0 Å². The number of amides is 2. The van der Waals surface area contributed by atoms with E-state index < -0.39 is 23.6 Å². The van der Waals surface area contributed by atoms with Crippen molar-refractivity contribution in [1.29, 1.82) is 0 Å². The molecule has 6 nitrogen and oxygen atoms in total. The highest BCUT2D eigenvalue weighted by Crippen LogP contribution is 2.28. The van der Waals surface area contributed by atoms with Crippen LogP contribution in [0, 0.1) is 5.82 Å². The second-order valence-corrected chi connectivity index (χ2v) is 6.60. The lowest BCUT2D eigenvalue weighted by Gasteiger charge is -2.16. The number of rotatable bonds is 6. The molecule has 1 atom stereocenters. The summed E-state index contributed by atoms with van der Waals surface area (Å²) >= 11 is 0. The fourth-order valence-corrected chi connectivity index (χ4v) is 3.27. The van der Waals surface area contributed by atoms with Gasteiger partial charge in [-0.3, -0.25) is 14.4 Å². The number of benzene rings is 2. The molecule has 0 fully saturated rings. The summed E-state index contributed by atoms with van der Waals surface area (Å²) < 4.78 is 14.0. The quantitative estimate of drug-likeness (QED) is 0.818. The fraction of sp³-hybridized carbons (Fsp3) is 0.250. The average Bonchev–Trinajstić information content (AvgIpc) is 2.89. The number of aliphatic carboxylic acids is 1. The van der Waals surface area contributed by atoms with Gasteiger partial charge in [0.25, 0.3) is 5.91 Å². The maximum atomic E-state index is 14.0. The van der Waals surface area contributed by atoms with E-state index in [1.54, 1.807) is 36.2 Å². The number of carboxylic acids is 1. The first-order valence-corrected chi connectivity index (χ1v) is 8.49. The van der Waals surface area contributed by atoms with Gasteiger partial charge in [0, 0.05) is 37.2 Å². The second-order valence-electron chi connectivity index (χ2n) is 6.60. The molecule has 2 amide bonds. The minimum atomic E-state index is -1.11. The Morgan fingerprint density at radius 2 is 1.96 bits per heavy atom. The first-order valence-electron chi connectivity index (χ1n) is 8.49. The lowest BCUT2D eigenvalue weighted by atomic mass is 9.91. The number of nitrogens with zero attached hydrogens (tertiary/aromatic N) is 1. The van der Waals surface area contributed by atoms with Crippen molar-refractivity contribution in [2.45, 2.75) is 25.3 Å². The number of anilines is 1. The van der Waals surface area contributed by atoms with Crippen molar-refractivity contribution < 1.29 is 23.9 Å². The second kappa shape index (κ2) is 7.57. The van der Waals surface area contributed by atoms with Crippen LogP contribution in [-0.2, 0) is 16.1 Å². The third kappa shape index (κ3) is 4.13. The predicted octanol–water partition coefficient (Wildman–Crippen LogP) is 3.00. The largest absolute Gasteiger partial charge is 0.481 e. The van der Waals surface area contributed by atoms with Gasteiger partial charge in [-0.1, -0.05) is 24.3 Å². The van der Waals surface area contributed by atoms with E-state index >= 15 is 0 Å². The van der Waals surface area contributed by atoms with E-state index in [9.17, 15) is 18.8 Å². The highest BCUT2D eigenvalue weighted by atomic mass is 19.1. The van der Waals surface area contributed by atoms with Gasteiger partial charge in [-0.05, 0) is 29.3 Å². The van der Waals surface area contributed by atoms with Gasteiger partial charge in [-0.2, -0.15) is 0 Å². The van der Waals surface area contributed by atoms with E-state index in [0.29, 0.717) is 17.8 Å². The van der Waals surface area contributed by atoms with E-state index in [0.717, 1.165) is 5.56 Å². The van der Waals surface area contributed by atoms with Gasteiger partial charge in [0.1, 0.15) is 5.82 Å². The van der Waals surface area contributed by atoms with E-state index in [1.165, 1.54) is 18.2 Å². The normalized spacial score (nSPS) is 14.0. The molecule has 1 aliphatic rings. The van der Waals surface area contributed by atoms with Crippen LogP contribution in [0.1, 0.15) is 40.2 Å². The number of carbonyl (C=O) groups excluding carboxylic acids is 2. The van der Waals surface area contributed by atoms with Crippen LogP contribution in [0.15, 0.2) is 42.5 Å². The molecule has 0 saturated carbocycles. The maximum absolute atomic E-state index is 14.0. The number of fused-ring (bicyclic) bond motifs is 1. The molecule has 0 spiro atoms. The molecule has 1 heterocycles. The van der Waals surface area contributed by atoms with Crippen molar-refractivity contribution >= 4 is 23.5 Å². The molecule has 2 aromatic carbocycles. The molecular formula is C20H19FN2O4. The Morgan fingerprint density at radius 1 is 1.22 bits per heavy atom.